The second kappa shape index (κ2) is 10.5. The first-order chi connectivity index (χ1) is 17.1. The number of aromatic amines is 1. The van der Waals surface area contributed by atoms with Gasteiger partial charge in [-0.25, -0.2) is 13.1 Å². The van der Waals surface area contributed by atoms with E-state index in [0.717, 1.165) is 5.56 Å². The predicted octanol–water partition coefficient (Wildman–Crippen LogP) is 3.63. The van der Waals surface area contributed by atoms with E-state index in [9.17, 15) is 21.6 Å². The second-order valence-corrected chi connectivity index (χ2v) is 10.4. The number of nitrogens with zero attached hydrogens (tertiary/aromatic N) is 3. The summed E-state index contributed by atoms with van der Waals surface area (Å²) in [5.74, 6) is 0.316. The van der Waals surface area contributed by atoms with Crippen molar-refractivity contribution in [2.24, 2.45) is 0 Å². The van der Waals surface area contributed by atoms with Crippen molar-refractivity contribution in [2.45, 2.75) is 50.4 Å². The van der Waals surface area contributed by atoms with Crippen molar-refractivity contribution in [1.29, 1.82) is 0 Å². The number of benzene rings is 1. The Bertz CT molecular complexity index is 1310. The van der Waals surface area contributed by atoms with Gasteiger partial charge in [-0.3, -0.25) is 5.10 Å². The van der Waals surface area contributed by atoms with Crippen LogP contribution in [0.1, 0.15) is 32.1 Å². The largest absolute Gasteiger partial charge is 0.496 e. The molecule has 14 heteroatoms. The Hall–Kier alpha value is -3.13. The van der Waals surface area contributed by atoms with Gasteiger partial charge in [0.25, 0.3) is 0 Å². The molecule has 1 aromatic carbocycles. The SMILES string of the molecule is COc1ccccc1-c1[nH]nc2nc(NC3CCC(NS(=O)(=O)CCC(F)(F)F)CC3)nc(OC)c12. The van der Waals surface area contributed by atoms with Crippen LogP contribution < -0.4 is 19.5 Å². The number of alkyl halides is 3. The molecule has 0 spiro atoms. The number of hydrogen-bond acceptors (Lipinski definition) is 8. The van der Waals surface area contributed by atoms with Crippen molar-refractivity contribution in [3.05, 3.63) is 24.3 Å². The molecule has 0 unspecified atom stereocenters. The summed E-state index contributed by atoms with van der Waals surface area (Å²) in [6.45, 7) is 0. The average molecular weight is 529 g/mol. The van der Waals surface area contributed by atoms with E-state index in [0.29, 0.717) is 60.0 Å². The second-order valence-electron chi connectivity index (χ2n) is 8.55. The van der Waals surface area contributed by atoms with E-state index in [1.807, 2.05) is 24.3 Å². The number of H-pyrrole nitrogens is 1. The molecule has 1 aliphatic carbocycles. The molecule has 36 heavy (non-hydrogen) atoms. The van der Waals surface area contributed by atoms with Crippen molar-refractivity contribution in [3.63, 3.8) is 0 Å². The van der Waals surface area contributed by atoms with E-state index in [-0.39, 0.29) is 6.04 Å². The molecule has 1 saturated carbocycles. The molecular weight excluding hydrogens is 501 g/mol. The van der Waals surface area contributed by atoms with Crippen LogP contribution in [-0.4, -0.2) is 66.8 Å². The van der Waals surface area contributed by atoms with Crippen molar-refractivity contribution in [1.82, 2.24) is 24.9 Å². The Morgan fingerprint density at radius 2 is 1.75 bits per heavy atom. The monoisotopic (exact) mass is 528 g/mol. The number of nitrogens with one attached hydrogen (secondary N) is 3. The summed E-state index contributed by atoms with van der Waals surface area (Å²) in [5.41, 5.74) is 1.83. The fraction of sp³-hybridized carbons (Fsp3) is 0.500. The van der Waals surface area contributed by atoms with Gasteiger partial charge in [0.1, 0.15) is 11.1 Å². The molecule has 3 aromatic rings. The van der Waals surface area contributed by atoms with Crippen LogP contribution in [0.15, 0.2) is 24.3 Å². The van der Waals surface area contributed by atoms with Gasteiger partial charge in [-0.15, -0.1) is 0 Å². The van der Waals surface area contributed by atoms with Crippen molar-refractivity contribution >= 4 is 27.0 Å². The summed E-state index contributed by atoms with van der Waals surface area (Å²) < 4.78 is 74.4. The number of aromatic nitrogens is 4. The minimum atomic E-state index is -4.51. The predicted molar refractivity (Wildman–Crippen MR) is 127 cm³/mol. The van der Waals surface area contributed by atoms with Crippen LogP contribution in [0.25, 0.3) is 22.3 Å². The molecule has 10 nitrogen and oxygen atoms in total. The molecule has 0 saturated heterocycles. The van der Waals surface area contributed by atoms with Crippen molar-refractivity contribution in [2.75, 3.05) is 25.3 Å². The minimum Gasteiger partial charge on any atom is -0.496 e. The highest BCUT2D eigenvalue weighted by atomic mass is 32.2. The Balaban J connectivity index is 1.43. The van der Waals surface area contributed by atoms with Gasteiger partial charge in [-0.05, 0) is 37.8 Å². The maximum absolute atomic E-state index is 12.4. The van der Waals surface area contributed by atoms with Crippen molar-refractivity contribution in [3.8, 4) is 22.9 Å². The van der Waals surface area contributed by atoms with Crippen LogP contribution in [0.3, 0.4) is 0 Å². The van der Waals surface area contributed by atoms with Crippen molar-refractivity contribution < 1.29 is 31.1 Å². The summed E-state index contributed by atoms with van der Waals surface area (Å²) in [5, 5.41) is 11.1. The third kappa shape index (κ3) is 6.16. The molecule has 0 bridgehead atoms. The van der Waals surface area contributed by atoms with Crippen LogP contribution in [-0.2, 0) is 10.0 Å². The standard InChI is InChI=1S/C22H27F3N6O4S/c1-34-16-6-4-3-5-15(16)18-17-19(30-29-18)27-21(28-20(17)35-2)26-13-7-9-14(10-8-13)31-36(32,33)12-11-22(23,24)25/h3-6,13-14,31H,7-12H2,1-2H3,(H2,26,27,28,29,30). The summed E-state index contributed by atoms with van der Waals surface area (Å²) in [7, 11) is -0.923. The molecule has 0 aliphatic heterocycles. The molecule has 2 heterocycles. The quantitative estimate of drug-likeness (QED) is 0.384. The van der Waals surface area contributed by atoms with E-state index in [1.165, 1.54) is 7.11 Å². The zero-order chi connectivity index (χ0) is 25.9. The third-order valence-electron chi connectivity index (χ3n) is 6.01. The topological polar surface area (TPSA) is 131 Å². The molecule has 4 rings (SSSR count). The first-order valence-electron chi connectivity index (χ1n) is 11.4. The molecule has 1 aliphatic rings. The van der Waals surface area contributed by atoms with Gasteiger partial charge in [0.15, 0.2) is 5.65 Å². The lowest BCUT2D eigenvalue weighted by Crippen LogP contribution is -2.41. The first-order valence-corrected chi connectivity index (χ1v) is 13.0. The maximum atomic E-state index is 12.4. The van der Waals surface area contributed by atoms with Gasteiger partial charge in [-0.1, -0.05) is 12.1 Å². The number of anilines is 1. The van der Waals surface area contributed by atoms with Crippen LogP contribution >= 0.6 is 0 Å². The number of ether oxygens (including phenoxy) is 2. The van der Waals surface area contributed by atoms with E-state index >= 15 is 0 Å². The minimum absolute atomic E-state index is 0.0456. The molecule has 0 atom stereocenters. The molecule has 0 amide bonds. The zero-order valence-corrected chi connectivity index (χ0v) is 20.5. The summed E-state index contributed by atoms with van der Waals surface area (Å²) in [6, 6.07) is 7.00. The molecule has 2 aromatic heterocycles. The lowest BCUT2D eigenvalue weighted by Gasteiger charge is -2.29. The Morgan fingerprint density at radius 1 is 1.06 bits per heavy atom. The smallest absolute Gasteiger partial charge is 0.390 e. The number of hydrogen-bond donors (Lipinski definition) is 3. The number of sulfonamides is 1. The molecule has 3 N–H and O–H groups in total. The van der Waals surface area contributed by atoms with E-state index < -0.39 is 34.4 Å². The fourth-order valence-corrected chi connectivity index (χ4v) is 5.61. The van der Waals surface area contributed by atoms with Gasteiger partial charge >= 0.3 is 6.18 Å². The van der Waals surface area contributed by atoms with Gasteiger partial charge in [-0.2, -0.15) is 28.2 Å². The van der Waals surface area contributed by atoms with Gasteiger partial charge in [0, 0.05) is 17.6 Å². The lowest BCUT2D eigenvalue weighted by atomic mass is 9.92. The molecule has 0 radical (unpaired) electrons. The number of methoxy groups -OCH3 is 2. The zero-order valence-electron chi connectivity index (χ0n) is 19.7. The summed E-state index contributed by atoms with van der Waals surface area (Å²) in [6.07, 6.45) is -3.76. The Morgan fingerprint density at radius 3 is 2.42 bits per heavy atom. The van der Waals surface area contributed by atoms with Gasteiger partial charge in [0.05, 0.1) is 32.1 Å². The first kappa shape index (κ1) is 25.9. The fourth-order valence-electron chi connectivity index (χ4n) is 4.25. The Labute approximate surface area is 206 Å². The Kier molecular flexibility index (Phi) is 7.54. The summed E-state index contributed by atoms with van der Waals surface area (Å²) in [4.78, 5) is 8.99. The number of rotatable bonds is 9. The molecule has 1 fully saturated rings. The highest BCUT2D eigenvalue weighted by Crippen LogP contribution is 2.37. The van der Waals surface area contributed by atoms with Crippen LogP contribution in [0.5, 0.6) is 11.6 Å². The number of para-hydroxylation sites is 1. The summed E-state index contributed by atoms with van der Waals surface area (Å²) >= 11 is 0. The molecular formula is C22H27F3N6O4S. The average Bonchev–Trinajstić information content (AvgIpc) is 3.27. The lowest BCUT2D eigenvalue weighted by molar-refractivity contribution is -0.130. The van der Waals surface area contributed by atoms with Gasteiger partial charge < -0.3 is 14.8 Å². The molecule has 196 valence electrons. The van der Waals surface area contributed by atoms with Crippen LogP contribution in [0, 0.1) is 0 Å². The number of fused-ring (bicyclic) bond motifs is 1. The highest BCUT2D eigenvalue weighted by molar-refractivity contribution is 7.89. The van der Waals surface area contributed by atoms with E-state index in [2.05, 4.69) is 30.2 Å². The third-order valence-corrected chi connectivity index (χ3v) is 7.44. The van der Waals surface area contributed by atoms with E-state index in [4.69, 9.17) is 9.47 Å². The highest BCUT2D eigenvalue weighted by Gasteiger charge is 2.32. The van der Waals surface area contributed by atoms with E-state index in [1.54, 1.807) is 7.11 Å². The maximum Gasteiger partial charge on any atom is 0.390 e. The van der Waals surface area contributed by atoms with Crippen LogP contribution in [0.2, 0.25) is 0 Å². The normalized spacial score (nSPS) is 18.8. The number of halogens is 3. The van der Waals surface area contributed by atoms with Crippen LogP contribution in [0.4, 0.5) is 19.1 Å². The van der Waals surface area contributed by atoms with Gasteiger partial charge in [0.2, 0.25) is 21.9 Å².